The summed E-state index contributed by atoms with van der Waals surface area (Å²) >= 11 is 11.9. The largest absolute Gasteiger partial charge is 0.477 e. The van der Waals surface area contributed by atoms with E-state index in [9.17, 15) is 9.90 Å². The van der Waals surface area contributed by atoms with Crippen LogP contribution < -0.4 is 4.74 Å². The Morgan fingerprint density at radius 1 is 1.24 bits per heavy atom. The Morgan fingerprint density at radius 2 is 2.05 bits per heavy atom. The molecule has 0 saturated carbocycles. The summed E-state index contributed by atoms with van der Waals surface area (Å²) in [6.07, 6.45) is 2.66. The standard InChI is InChI=1S/C15H11Cl2NO3/c16-9-4-5-13(11(17)7-9)21-14-10(15(19)20)6-8-2-1-3-12(8)18-14/h4-7H,1-3H2,(H,19,20). The predicted molar refractivity (Wildman–Crippen MR) is 79.8 cm³/mol. The van der Waals surface area contributed by atoms with Crippen LogP contribution in [0.1, 0.15) is 28.0 Å². The van der Waals surface area contributed by atoms with Crippen molar-refractivity contribution in [2.24, 2.45) is 0 Å². The summed E-state index contributed by atoms with van der Waals surface area (Å²) in [5.41, 5.74) is 1.91. The van der Waals surface area contributed by atoms with E-state index in [0.29, 0.717) is 15.8 Å². The van der Waals surface area contributed by atoms with E-state index in [0.717, 1.165) is 30.5 Å². The van der Waals surface area contributed by atoms with Gasteiger partial charge in [0.15, 0.2) is 0 Å². The van der Waals surface area contributed by atoms with Gasteiger partial charge in [-0.3, -0.25) is 0 Å². The van der Waals surface area contributed by atoms with Gasteiger partial charge in [-0.25, -0.2) is 9.78 Å². The number of nitrogens with zero attached hydrogens (tertiary/aromatic N) is 1. The molecule has 6 heteroatoms. The summed E-state index contributed by atoms with van der Waals surface area (Å²) in [5, 5.41) is 10.1. The molecule has 1 aromatic heterocycles. The number of halogens is 2. The molecule has 1 aromatic carbocycles. The minimum atomic E-state index is -1.07. The number of carboxylic acids is 1. The number of aromatic nitrogens is 1. The highest BCUT2D eigenvalue weighted by molar-refractivity contribution is 6.35. The fourth-order valence-corrected chi connectivity index (χ4v) is 2.79. The number of pyridine rings is 1. The number of benzene rings is 1. The Morgan fingerprint density at radius 3 is 2.76 bits per heavy atom. The Hall–Kier alpha value is -1.78. The molecule has 0 amide bonds. The molecular weight excluding hydrogens is 313 g/mol. The quantitative estimate of drug-likeness (QED) is 0.911. The molecule has 0 spiro atoms. The molecule has 4 nitrogen and oxygen atoms in total. The van der Waals surface area contributed by atoms with Crippen molar-refractivity contribution in [2.75, 3.05) is 0 Å². The number of hydrogen-bond donors (Lipinski definition) is 1. The molecule has 0 unspecified atom stereocenters. The van der Waals surface area contributed by atoms with Crippen LogP contribution in [-0.2, 0) is 12.8 Å². The molecule has 0 radical (unpaired) electrons. The van der Waals surface area contributed by atoms with E-state index in [1.54, 1.807) is 18.2 Å². The Kier molecular flexibility index (Phi) is 3.74. The van der Waals surface area contributed by atoms with Crippen LogP contribution >= 0.6 is 23.2 Å². The van der Waals surface area contributed by atoms with E-state index in [4.69, 9.17) is 27.9 Å². The molecular formula is C15H11Cl2NO3. The van der Waals surface area contributed by atoms with E-state index >= 15 is 0 Å². The molecule has 3 rings (SSSR count). The monoisotopic (exact) mass is 323 g/mol. The van der Waals surface area contributed by atoms with Gasteiger partial charge in [-0.15, -0.1) is 0 Å². The Labute approximate surface area is 131 Å². The fourth-order valence-electron chi connectivity index (χ4n) is 2.35. The van der Waals surface area contributed by atoms with Gasteiger partial charge in [-0.1, -0.05) is 23.2 Å². The molecule has 0 atom stereocenters. The van der Waals surface area contributed by atoms with Gasteiger partial charge in [0, 0.05) is 10.7 Å². The lowest BCUT2D eigenvalue weighted by Crippen LogP contribution is -2.05. The number of rotatable bonds is 3. The molecule has 1 aliphatic rings. The Bertz CT molecular complexity index is 731. The predicted octanol–water partition coefficient (Wildman–Crippen LogP) is 4.37. The maximum absolute atomic E-state index is 11.4. The van der Waals surface area contributed by atoms with Gasteiger partial charge < -0.3 is 9.84 Å². The highest BCUT2D eigenvalue weighted by Gasteiger charge is 2.21. The van der Waals surface area contributed by atoms with Crippen LogP contribution in [0.15, 0.2) is 24.3 Å². The van der Waals surface area contributed by atoms with Crippen molar-refractivity contribution in [3.63, 3.8) is 0 Å². The second-order valence-corrected chi connectivity index (χ2v) is 5.63. The van der Waals surface area contributed by atoms with Crippen molar-refractivity contribution < 1.29 is 14.6 Å². The van der Waals surface area contributed by atoms with Crippen LogP contribution in [0.3, 0.4) is 0 Å². The zero-order valence-corrected chi connectivity index (χ0v) is 12.4. The molecule has 21 heavy (non-hydrogen) atoms. The van der Waals surface area contributed by atoms with Crippen molar-refractivity contribution in [3.05, 3.63) is 51.1 Å². The van der Waals surface area contributed by atoms with E-state index < -0.39 is 5.97 Å². The van der Waals surface area contributed by atoms with E-state index in [1.165, 1.54) is 6.07 Å². The third-order valence-electron chi connectivity index (χ3n) is 3.35. The lowest BCUT2D eigenvalue weighted by molar-refractivity contribution is 0.0693. The highest BCUT2D eigenvalue weighted by Crippen LogP contribution is 2.34. The van der Waals surface area contributed by atoms with Crippen LogP contribution in [-0.4, -0.2) is 16.1 Å². The SMILES string of the molecule is O=C(O)c1cc2c(nc1Oc1ccc(Cl)cc1Cl)CCC2. The lowest BCUT2D eigenvalue weighted by atomic mass is 10.1. The van der Waals surface area contributed by atoms with Gasteiger partial charge in [-0.2, -0.15) is 0 Å². The first-order valence-corrected chi connectivity index (χ1v) is 7.19. The summed E-state index contributed by atoms with van der Waals surface area (Å²) in [5.74, 6) is -0.682. The van der Waals surface area contributed by atoms with Crippen molar-refractivity contribution >= 4 is 29.2 Å². The first-order chi connectivity index (χ1) is 10.0. The van der Waals surface area contributed by atoms with Crippen LogP contribution in [0.2, 0.25) is 10.0 Å². The van der Waals surface area contributed by atoms with Gasteiger partial charge in [-0.05, 0) is 49.1 Å². The first kappa shape index (κ1) is 14.2. The molecule has 1 heterocycles. The van der Waals surface area contributed by atoms with Crippen LogP contribution in [0, 0.1) is 0 Å². The van der Waals surface area contributed by atoms with Crippen LogP contribution in [0.5, 0.6) is 11.6 Å². The lowest BCUT2D eigenvalue weighted by Gasteiger charge is -2.11. The first-order valence-electron chi connectivity index (χ1n) is 6.43. The number of carbonyl (C=O) groups is 1. The van der Waals surface area contributed by atoms with Crippen LogP contribution in [0.25, 0.3) is 0 Å². The van der Waals surface area contributed by atoms with Crippen molar-refractivity contribution in [1.82, 2.24) is 4.98 Å². The average molecular weight is 324 g/mol. The summed E-state index contributed by atoms with van der Waals surface area (Å²) in [7, 11) is 0. The Balaban J connectivity index is 2.03. The topological polar surface area (TPSA) is 59.4 Å². The van der Waals surface area contributed by atoms with Gasteiger partial charge in [0.05, 0.1) is 5.02 Å². The highest BCUT2D eigenvalue weighted by atomic mass is 35.5. The summed E-state index contributed by atoms with van der Waals surface area (Å²) in [4.78, 5) is 15.7. The second kappa shape index (κ2) is 5.54. The third kappa shape index (κ3) is 2.82. The number of fused-ring (bicyclic) bond motifs is 1. The second-order valence-electron chi connectivity index (χ2n) is 4.78. The van der Waals surface area contributed by atoms with Crippen LogP contribution in [0.4, 0.5) is 0 Å². The molecule has 0 saturated heterocycles. The molecule has 108 valence electrons. The van der Waals surface area contributed by atoms with E-state index in [2.05, 4.69) is 4.98 Å². The maximum Gasteiger partial charge on any atom is 0.341 e. The zero-order chi connectivity index (χ0) is 15.0. The number of aryl methyl sites for hydroxylation is 2. The number of aromatic carboxylic acids is 1. The number of carboxylic acid groups (broad SMARTS) is 1. The van der Waals surface area contributed by atoms with E-state index in [1.807, 2.05) is 0 Å². The molecule has 0 bridgehead atoms. The van der Waals surface area contributed by atoms with Gasteiger partial charge >= 0.3 is 5.97 Å². The summed E-state index contributed by atoms with van der Waals surface area (Å²) in [6.45, 7) is 0. The van der Waals surface area contributed by atoms with Crippen molar-refractivity contribution in [1.29, 1.82) is 0 Å². The van der Waals surface area contributed by atoms with Gasteiger partial charge in [0.1, 0.15) is 11.3 Å². The van der Waals surface area contributed by atoms with Gasteiger partial charge in [0.25, 0.3) is 0 Å². The molecule has 0 fully saturated rings. The van der Waals surface area contributed by atoms with Gasteiger partial charge in [0.2, 0.25) is 5.88 Å². The number of ether oxygens (including phenoxy) is 1. The van der Waals surface area contributed by atoms with Crippen molar-refractivity contribution in [2.45, 2.75) is 19.3 Å². The minimum absolute atomic E-state index is 0.0432. The fraction of sp³-hybridized carbons (Fsp3) is 0.200. The molecule has 2 aromatic rings. The minimum Gasteiger partial charge on any atom is -0.477 e. The summed E-state index contributed by atoms with van der Waals surface area (Å²) < 4.78 is 5.60. The maximum atomic E-state index is 11.4. The molecule has 0 aliphatic heterocycles. The molecule has 1 N–H and O–H groups in total. The smallest absolute Gasteiger partial charge is 0.341 e. The van der Waals surface area contributed by atoms with Crippen molar-refractivity contribution in [3.8, 4) is 11.6 Å². The third-order valence-corrected chi connectivity index (χ3v) is 3.88. The average Bonchev–Trinajstić information content (AvgIpc) is 2.88. The van der Waals surface area contributed by atoms with E-state index in [-0.39, 0.29) is 11.4 Å². The summed E-state index contributed by atoms with van der Waals surface area (Å²) in [6, 6.07) is 6.38. The zero-order valence-electron chi connectivity index (χ0n) is 10.9. The number of hydrogen-bond acceptors (Lipinski definition) is 3. The normalized spacial score (nSPS) is 13.0. The molecule has 1 aliphatic carbocycles.